The summed E-state index contributed by atoms with van der Waals surface area (Å²) in [5.74, 6) is 0. The maximum Gasteiger partial charge on any atom is 0.322 e. The minimum atomic E-state index is 0.00559. The van der Waals surface area contributed by atoms with Crippen molar-refractivity contribution in [2.75, 3.05) is 5.32 Å². The van der Waals surface area contributed by atoms with E-state index in [0.29, 0.717) is 12.6 Å². The maximum absolute atomic E-state index is 13.3. The summed E-state index contributed by atoms with van der Waals surface area (Å²) in [6, 6.07) is 18.5. The van der Waals surface area contributed by atoms with Crippen molar-refractivity contribution in [1.29, 1.82) is 0 Å². The van der Waals surface area contributed by atoms with Crippen LogP contribution in [0.5, 0.6) is 0 Å². The highest BCUT2D eigenvalue weighted by Gasteiger charge is 2.26. The van der Waals surface area contributed by atoms with Crippen LogP contribution < -0.4 is 5.32 Å². The van der Waals surface area contributed by atoms with Gasteiger partial charge >= 0.3 is 6.03 Å². The van der Waals surface area contributed by atoms with Gasteiger partial charge in [-0.2, -0.15) is 0 Å². The van der Waals surface area contributed by atoms with Crippen LogP contribution in [0.15, 0.2) is 60.8 Å². The van der Waals surface area contributed by atoms with Gasteiger partial charge < -0.3 is 14.8 Å². The number of rotatable bonds is 4. The van der Waals surface area contributed by atoms with Crippen molar-refractivity contribution >= 4 is 22.6 Å². The summed E-state index contributed by atoms with van der Waals surface area (Å²) in [5, 5.41) is 4.35. The van der Waals surface area contributed by atoms with Gasteiger partial charge in [0.2, 0.25) is 0 Å². The Balaban J connectivity index is 1.62. The number of nitrogens with zero attached hydrogens (tertiary/aromatic N) is 2. The molecule has 4 rings (SSSR count). The lowest BCUT2D eigenvalue weighted by Gasteiger charge is -2.31. The SMILES string of the molecule is Cn1cc(CN(C(=O)Nc2ccccc2)C2CCCCCC2)c2ccccc21. The number of nitrogens with one attached hydrogen (secondary N) is 1. The summed E-state index contributed by atoms with van der Waals surface area (Å²) in [6.07, 6.45) is 9.31. The third-order valence-corrected chi connectivity index (χ3v) is 5.87. The van der Waals surface area contributed by atoms with Crippen LogP contribution >= 0.6 is 0 Å². The number of urea groups is 1. The van der Waals surface area contributed by atoms with Gasteiger partial charge in [-0.15, -0.1) is 0 Å². The van der Waals surface area contributed by atoms with Gasteiger partial charge in [0, 0.05) is 42.4 Å². The number of aromatic nitrogens is 1. The molecule has 1 aliphatic carbocycles. The Hall–Kier alpha value is -2.75. The van der Waals surface area contributed by atoms with E-state index < -0.39 is 0 Å². The van der Waals surface area contributed by atoms with Gasteiger partial charge in [-0.1, -0.05) is 62.1 Å². The van der Waals surface area contributed by atoms with Gasteiger partial charge in [0.25, 0.3) is 0 Å². The lowest BCUT2D eigenvalue weighted by Crippen LogP contribution is -2.42. The zero-order valence-corrected chi connectivity index (χ0v) is 16.6. The number of hydrogen-bond acceptors (Lipinski definition) is 1. The van der Waals surface area contributed by atoms with Crippen LogP contribution in [0.4, 0.5) is 10.5 Å². The van der Waals surface area contributed by atoms with Gasteiger partial charge in [-0.25, -0.2) is 4.79 Å². The van der Waals surface area contributed by atoms with Crippen LogP contribution in [0, 0.1) is 0 Å². The molecule has 1 aliphatic rings. The molecule has 0 atom stereocenters. The highest BCUT2D eigenvalue weighted by Crippen LogP contribution is 2.27. The minimum Gasteiger partial charge on any atom is -0.350 e. The van der Waals surface area contributed by atoms with Crippen LogP contribution in [0.3, 0.4) is 0 Å². The van der Waals surface area contributed by atoms with Crippen molar-refractivity contribution < 1.29 is 4.79 Å². The molecule has 0 bridgehead atoms. The van der Waals surface area contributed by atoms with E-state index in [1.54, 1.807) is 0 Å². The molecule has 3 aromatic rings. The average Bonchev–Trinajstić information content (AvgIpc) is 2.88. The fourth-order valence-corrected chi connectivity index (χ4v) is 4.39. The molecule has 28 heavy (non-hydrogen) atoms. The number of carbonyl (C=O) groups excluding carboxylic acids is 1. The van der Waals surface area contributed by atoms with Gasteiger partial charge in [0.05, 0.1) is 0 Å². The summed E-state index contributed by atoms with van der Waals surface area (Å²) in [6.45, 7) is 0.644. The molecule has 0 aliphatic heterocycles. The van der Waals surface area contributed by atoms with Crippen LogP contribution in [-0.4, -0.2) is 21.5 Å². The second-order valence-electron chi connectivity index (χ2n) is 7.85. The Morgan fingerprint density at radius 1 is 1.00 bits per heavy atom. The van der Waals surface area contributed by atoms with Crippen LogP contribution in [0.25, 0.3) is 10.9 Å². The molecular weight excluding hydrogens is 346 g/mol. The third-order valence-electron chi connectivity index (χ3n) is 5.87. The first kappa shape index (κ1) is 18.6. The van der Waals surface area contributed by atoms with Crippen molar-refractivity contribution in [2.24, 2.45) is 7.05 Å². The molecule has 0 radical (unpaired) electrons. The van der Waals surface area contributed by atoms with E-state index in [1.165, 1.54) is 42.1 Å². The first-order valence-corrected chi connectivity index (χ1v) is 10.4. The van der Waals surface area contributed by atoms with E-state index in [9.17, 15) is 4.79 Å². The molecule has 1 N–H and O–H groups in total. The largest absolute Gasteiger partial charge is 0.350 e. The molecule has 146 valence electrons. The second kappa shape index (κ2) is 8.51. The van der Waals surface area contributed by atoms with Crippen LogP contribution in [0.2, 0.25) is 0 Å². The standard InChI is InChI=1S/C24H29N3O/c1-26-17-19(22-15-9-10-16-23(22)26)18-27(21-13-7-2-3-8-14-21)24(28)25-20-11-5-4-6-12-20/h4-6,9-12,15-17,21H,2-3,7-8,13-14,18H2,1H3,(H,25,28). The number of anilines is 1. The van der Waals surface area contributed by atoms with Crippen molar-refractivity contribution in [3.05, 3.63) is 66.4 Å². The smallest absolute Gasteiger partial charge is 0.322 e. The number of para-hydroxylation sites is 2. The minimum absolute atomic E-state index is 0.00559. The summed E-state index contributed by atoms with van der Waals surface area (Å²) in [7, 11) is 2.08. The first-order chi connectivity index (χ1) is 13.7. The summed E-state index contributed by atoms with van der Waals surface area (Å²) < 4.78 is 2.16. The molecule has 2 aromatic carbocycles. The normalized spacial score (nSPS) is 15.3. The number of amides is 2. The third kappa shape index (κ3) is 4.06. The topological polar surface area (TPSA) is 37.3 Å². The van der Waals surface area contributed by atoms with Gasteiger partial charge in [-0.05, 0) is 36.6 Å². The number of fused-ring (bicyclic) bond motifs is 1. The Kier molecular flexibility index (Phi) is 5.65. The lowest BCUT2D eigenvalue weighted by molar-refractivity contribution is 0.176. The highest BCUT2D eigenvalue weighted by molar-refractivity contribution is 5.90. The number of carbonyl (C=O) groups is 1. The monoisotopic (exact) mass is 375 g/mol. The van der Waals surface area contributed by atoms with Crippen molar-refractivity contribution in [1.82, 2.24) is 9.47 Å². The zero-order valence-electron chi connectivity index (χ0n) is 16.6. The van der Waals surface area contributed by atoms with Gasteiger partial charge in [0.15, 0.2) is 0 Å². The van der Waals surface area contributed by atoms with Gasteiger partial charge in [-0.3, -0.25) is 0 Å². The second-order valence-corrected chi connectivity index (χ2v) is 7.85. The van der Waals surface area contributed by atoms with E-state index in [0.717, 1.165) is 18.5 Å². The van der Waals surface area contributed by atoms with Crippen molar-refractivity contribution in [3.8, 4) is 0 Å². The van der Waals surface area contributed by atoms with Crippen LogP contribution in [-0.2, 0) is 13.6 Å². The maximum atomic E-state index is 13.3. The Labute approximate surface area is 167 Å². The Bertz CT molecular complexity index is 923. The predicted octanol–water partition coefficient (Wildman–Crippen LogP) is 5.94. The zero-order chi connectivity index (χ0) is 19.3. The van der Waals surface area contributed by atoms with E-state index in [-0.39, 0.29) is 6.03 Å². The predicted molar refractivity (Wildman–Crippen MR) is 115 cm³/mol. The summed E-state index contributed by atoms with van der Waals surface area (Å²) >= 11 is 0. The molecule has 1 fully saturated rings. The quantitative estimate of drug-likeness (QED) is 0.563. The fourth-order valence-electron chi connectivity index (χ4n) is 4.39. The molecule has 4 nitrogen and oxygen atoms in total. The molecule has 0 saturated heterocycles. The molecule has 2 amide bonds. The lowest BCUT2D eigenvalue weighted by atomic mass is 10.1. The number of aryl methyl sites for hydroxylation is 1. The molecular formula is C24H29N3O. The molecule has 0 unspecified atom stereocenters. The van der Waals surface area contributed by atoms with E-state index >= 15 is 0 Å². The molecule has 1 heterocycles. The van der Waals surface area contributed by atoms with E-state index in [1.807, 2.05) is 30.3 Å². The fraction of sp³-hybridized carbons (Fsp3) is 0.375. The Morgan fingerprint density at radius 2 is 1.68 bits per heavy atom. The highest BCUT2D eigenvalue weighted by atomic mass is 16.2. The number of hydrogen-bond donors (Lipinski definition) is 1. The van der Waals surface area contributed by atoms with Crippen molar-refractivity contribution in [3.63, 3.8) is 0 Å². The van der Waals surface area contributed by atoms with E-state index in [2.05, 4.69) is 52.3 Å². The summed E-state index contributed by atoms with van der Waals surface area (Å²) in [5.41, 5.74) is 3.27. The molecule has 4 heteroatoms. The average molecular weight is 376 g/mol. The first-order valence-electron chi connectivity index (χ1n) is 10.4. The van der Waals surface area contributed by atoms with Crippen molar-refractivity contribution in [2.45, 2.75) is 51.1 Å². The number of benzene rings is 2. The summed E-state index contributed by atoms with van der Waals surface area (Å²) in [4.78, 5) is 15.3. The molecule has 1 saturated carbocycles. The van der Waals surface area contributed by atoms with Gasteiger partial charge in [0.1, 0.15) is 0 Å². The molecule has 1 aromatic heterocycles. The van der Waals surface area contributed by atoms with Crippen LogP contribution in [0.1, 0.15) is 44.1 Å². The Morgan fingerprint density at radius 3 is 2.43 bits per heavy atom. The molecule has 0 spiro atoms. The van der Waals surface area contributed by atoms with E-state index in [4.69, 9.17) is 0 Å².